The first-order valence-electron chi connectivity index (χ1n) is 7.93. The lowest BCUT2D eigenvalue weighted by molar-refractivity contribution is -0.125. The second-order valence-electron chi connectivity index (χ2n) is 5.66. The molecule has 0 aliphatic heterocycles. The SMILES string of the molecule is CCC(Cc1ccccc1Br)C(=O)NCC(N)c1ccccc1. The molecule has 2 atom stereocenters. The van der Waals surface area contributed by atoms with Crippen molar-refractivity contribution in [3.8, 4) is 0 Å². The van der Waals surface area contributed by atoms with Gasteiger partial charge in [0.1, 0.15) is 0 Å². The highest BCUT2D eigenvalue weighted by atomic mass is 79.9. The Morgan fingerprint density at radius 3 is 2.43 bits per heavy atom. The van der Waals surface area contributed by atoms with Gasteiger partial charge in [-0.3, -0.25) is 4.79 Å². The van der Waals surface area contributed by atoms with Gasteiger partial charge >= 0.3 is 0 Å². The first kappa shape index (κ1) is 17.7. The Labute approximate surface area is 146 Å². The molecule has 2 unspecified atom stereocenters. The average molecular weight is 375 g/mol. The Morgan fingerprint density at radius 2 is 1.78 bits per heavy atom. The van der Waals surface area contributed by atoms with Gasteiger partial charge in [0, 0.05) is 23.0 Å². The van der Waals surface area contributed by atoms with Crippen LogP contribution in [0.15, 0.2) is 59.1 Å². The van der Waals surface area contributed by atoms with E-state index in [1.807, 2.05) is 55.5 Å². The number of hydrogen-bond donors (Lipinski definition) is 2. The average Bonchev–Trinajstić information content (AvgIpc) is 2.59. The molecule has 3 N–H and O–H groups in total. The highest BCUT2D eigenvalue weighted by molar-refractivity contribution is 9.10. The summed E-state index contributed by atoms with van der Waals surface area (Å²) in [6.45, 7) is 2.49. The van der Waals surface area contributed by atoms with Crippen LogP contribution in [-0.2, 0) is 11.2 Å². The molecule has 0 aromatic heterocycles. The number of rotatable bonds is 7. The summed E-state index contributed by atoms with van der Waals surface area (Å²) in [6, 6.07) is 17.7. The minimum absolute atomic E-state index is 0.0447. The molecule has 4 heteroatoms. The van der Waals surface area contributed by atoms with E-state index in [1.54, 1.807) is 0 Å². The molecule has 23 heavy (non-hydrogen) atoms. The van der Waals surface area contributed by atoms with Crippen molar-refractivity contribution < 1.29 is 4.79 Å². The van der Waals surface area contributed by atoms with Crippen LogP contribution in [0.2, 0.25) is 0 Å². The van der Waals surface area contributed by atoms with Gasteiger partial charge < -0.3 is 11.1 Å². The number of halogens is 1. The summed E-state index contributed by atoms with van der Waals surface area (Å²) < 4.78 is 1.05. The largest absolute Gasteiger partial charge is 0.354 e. The van der Waals surface area contributed by atoms with Crippen molar-refractivity contribution in [1.29, 1.82) is 0 Å². The van der Waals surface area contributed by atoms with E-state index in [-0.39, 0.29) is 17.9 Å². The number of nitrogens with one attached hydrogen (secondary N) is 1. The van der Waals surface area contributed by atoms with E-state index in [1.165, 1.54) is 0 Å². The van der Waals surface area contributed by atoms with Gasteiger partial charge in [0.2, 0.25) is 5.91 Å². The predicted octanol–water partition coefficient (Wildman–Crippen LogP) is 3.83. The van der Waals surface area contributed by atoms with Gasteiger partial charge in [-0.05, 0) is 30.0 Å². The molecule has 0 fully saturated rings. The van der Waals surface area contributed by atoms with Crippen molar-refractivity contribution in [2.75, 3.05) is 6.54 Å². The minimum atomic E-state index is -0.180. The van der Waals surface area contributed by atoms with Crippen molar-refractivity contribution in [2.45, 2.75) is 25.8 Å². The van der Waals surface area contributed by atoms with Gasteiger partial charge in [-0.15, -0.1) is 0 Å². The maximum absolute atomic E-state index is 12.4. The molecule has 0 heterocycles. The lowest BCUT2D eigenvalue weighted by Gasteiger charge is -2.18. The van der Waals surface area contributed by atoms with Crippen LogP contribution < -0.4 is 11.1 Å². The zero-order valence-corrected chi connectivity index (χ0v) is 14.9. The maximum atomic E-state index is 12.4. The van der Waals surface area contributed by atoms with Gasteiger partial charge in [-0.1, -0.05) is 71.4 Å². The molecule has 3 nitrogen and oxygen atoms in total. The topological polar surface area (TPSA) is 55.1 Å². The maximum Gasteiger partial charge on any atom is 0.223 e. The second-order valence-corrected chi connectivity index (χ2v) is 6.52. The summed E-state index contributed by atoms with van der Waals surface area (Å²) >= 11 is 3.54. The number of benzene rings is 2. The summed E-state index contributed by atoms with van der Waals surface area (Å²) in [5.41, 5.74) is 8.33. The van der Waals surface area contributed by atoms with E-state index < -0.39 is 0 Å². The van der Waals surface area contributed by atoms with Crippen LogP contribution >= 0.6 is 15.9 Å². The van der Waals surface area contributed by atoms with E-state index in [2.05, 4.69) is 27.3 Å². The number of nitrogens with two attached hydrogens (primary N) is 1. The highest BCUT2D eigenvalue weighted by Crippen LogP contribution is 2.21. The lowest BCUT2D eigenvalue weighted by Crippen LogP contribution is -2.36. The van der Waals surface area contributed by atoms with E-state index in [4.69, 9.17) is 5.73 Å². The summed E-state index contributed by atoms with van der Waals surface area (Å²) in [5, 5.41) is 2.99. The Balaban J connectivity index is 1.91. The fourth-order valence-electron chi connectivity index (χ4n) is 2.52. The van der Waals surface area contributed by atoms with Crippen molar-refractivity contribution in [1.82, 2.24) is 5.32 Å². The normalized spacial score (nSPS) is 13.3. The molecule has 0 radical (unpaired) electrons. The summed E-state index contributed by atoms with van der Waals surface area (Å²) in [6.07, 6.45) is 1.53. The van der Waals surface area contributed by atoms with Gasteiger partial charge in [-0.2, -0.15) is 0 Å². The quantitative estimate of drug-likeness (QED) is 0.773. The molecule has 0 aliphatic carbocycles. The molecule has 122 valence electrons. The van der Waals surface area contributed by atoms with Crippen molar-refractivity contribution in [2.24, 2.45) is 11.7 Å². The molecule has 0 saturated heterocycles. The third kappa shape index (κ3) is 5.19. The number of hydrogen-bond acceptors (Lipinski definition) is 2. The highest BCUT2D eigenvalue weighted by Gasteiger charge is 2.18. The second kappa shape index (κ2) is 8.85. The Morgan fingerprint density at radius 1 is 1.13 bits per heavy atom. The number of carbonyl (C=O) groups excluding carboxylic acids is 1. The smallest absolute Gasteiger partial charge is 0.223 e. The van der Waals surface area contributed by atoms with Gasteiger partial charge in [0.05, 0.1) is 0 Å². The minimum Gasteiger partial charge on any atom is -0.354 e. The standard InChI is InChI=1S/C19H23BrN2O/c1-2-14(12-16-10-6-7-11-17(16)20)19(23)22-13-18(21)15-8-4-3-5-9-15/h3-11,14,18H,2,12-13,21H2,1H3,(H,22,23). The lowest BCUT2D eigenvalue weighted by atomic mass is 9.96. The molecule has 0 aliphatic rings. The molecular formula is C19H23BrN2O. The molecule has 1 amide bonds. The zero-order valence-electron chi connectivity index (χ0n) is 13.3. The summed E-state index contributed by atoms with van der Waals surface area (Å²) in [5.74, 6) is 0.0197. The van der Waals surface area contributed by atoms with Crippen LogP contribution in [-0.4, -0.2) is 12.5 Å². The molecular weight excluding hydrogens is 352 g/mol. The van der Waals surface area contributed by atoms with Crippen LogP contribution in [0, 0.1) is 5.92 Å². The van der Waals surface area contributed by atoms with E-state index in [0.29, 0.717) is 6.54 Å². The molecule has 2 aromatic rings. The van der Waals surface area contributed by atoms with Crippen LogP contribution in [0.3, 0.4) is 0 Å². The Hall–Kier alpha value is -1.65. The monoisotopic (exact) mass is 374 g/mol. The molecule has 0 spiro atoms. The van der Waals surface area contributed by atoms with Crippen molar-refractivity contribution in [3.05, 3.63) is 70.2 Å². The van der Waals surface area contributed by atoms with Crippen LogP contribution in [0.4, 0.5) is 0 Å². The first-order chi connectivity index (χ1) is 11.1. The molecule has 0 bridgehead atoms. The zero-order chi connectivity index (χ0) is 16.7. The Bertz CT molecular complexity index is 630. The molecule has 2 aromatic carbocycles. The van der Waals surface area contributed by atoms with Crippen LogP contribution in [0.1, 0.15) is 30.5 Å². The van der Waals surface area contributed by atoms with Crippen molar-refractivity contribution >= 4 is 21.8 Å². The molecule has 2 rings (SSSR count). The fraction of sp³-hybridized carbons (Fsp3) is 0.316. The number of amides is 1. The third-order valence-corrected chi connectivity index (χ3v) is 4.79. The number of carbonyl (C=O) groups is 1. The fourth-order valence-corrected chi connectivity index (χ4v) is 2.97. The van der Waals surface area contributed by atoms with Crippen LogP contribution in [0.25, 0.3) is 0 Å². The van der Waals surface area contributed by atoms with Crippen molar-refractivity contribution in [3.63, 3.8) is 0 Å². The molecule has 0 saturated carbocycles. The first-order valence-corrected chi connectivity index (χ1v) is 8.72. The van der Waals surface area contributed by atoms with Gasteiger partial charge in [0.15, 0.2) is 0 Å². The van der Waals surface area contributed by atoms with Gasteiger partial charge in [-0.25, -0.2) is 0 Å². The van der Waals surface area contributed by atoms with E-state index in [0.717, 1.165) is 28.4 Å². The summed E-state index contributed by atoms with van der Waals surface area (Å²) in [7, 11) is 0. The third-order valence-electron chi connectivity index (χ3n) is 4.01. The van der Waals surface area contributed by atoms with Crippen LogP contribution in [0.5, 0.6) is 0 Å². The van der Waals surface area contributed by atoms with Gasteiger partial charge in [0.25, 0.3) is 0 Å². The summed E-state index contributed by atoms with van der Waals surface area (Å²) in [4.78, 5) is 12.4. The van der Waals surface area contributed by atoms with E-state index in [9.17, 15) is 4.79 Å². The van der Waals surface area contributed by atoms with E-state index >= 15 is 0 Å². The predicted molar refractivity (Wildman–Crippen MR) is 98.0 cm³/mol. The Kier molecular flexibility index (Phi) is 6.81.